The second-order valence-electron chi connectivity index (χ2n) is 7.85. The van der Waals surface area contributed by atoms with Gasteiger partial charge in [-0.05, 0) is 36.6 Å². The lowest BCUT2D eigenvalue weighted by atomic mass is 9.85. The average Bonchev–Trinajstić information content (AvgIpc) is 3.24. The predicted molar refractivity (Wildman–Crippen MR) is 128 cm³/mol. The summed E-state index contributed by atoms with van der Waals surface area (Å²) in [6, 6.07) is 13.0. The van der Waals surface area contributed by atoms with Crippen molar-refractivity contribution in [2.75, 3.05) is 19.5 Å². The number of allylic oxidation sites excluding steroid dienone is 2. The molecule has 7 nitrogen and oxygen atoms in total. The van der Waals surface area contributed by atoms with Crippen LogP contribution in [0.2, 0.25) is 5.02 Å². The molecule has 0 saturated carbocycles. The Balaban J connectivity index is 1.55. The summed E-state index contributed by atoms with van der Waals surface area (Å²) in [6.07, 6.45) is 2.14. The summed E-state index contributed by atoms with van der Waals surface area (Å²) >= 11 is 7.82. The topological polar surface area (TPSA) is 78.3 Å². The lowest BCUT2D eigenvalue weighted by molar-refractivity contribution is -0.116. The molecule has 33 heavy (non-hydrogen) atoms. The molecule has 0 fully saturated rings. The third-order valence-electron chi connectivity index (χ3n) is 5.90. The van der Waals surface area contributed by atoms with Crippen molar-refractivity contribution in [3.63, 3.8) is 0 Å². The van der Waals surface area contributed by atoms with Gasteiger partial charge in [-0.25, -0.2) is 4.68 Å². The van der Waals surface area contributed by atoms with Crippen molar-refractivity contribution in [2.24, 2.45) is 0 Å². The minimum atomic E-state index is -0.424. The van der Waals surface area contributed by atoms with Crippen LogP contribution in [0.25, 0.3) is 0 Å². The number of fused-ring (bicyclic) bond motifs is 1. The number of aromatic nitrogens is 3. The number of nitrogens with zero attached hydrogens (tertiary/aromatic N) is 3. The Morgan fingerprint density at radius 1 is 1.18 bits per heavy atom. The Hall–Kier alpha value is -2.97. The molecule has 1 N–H and O–H groups in total. The van der Waals surface area contributed by atoms with Gasteiger partial charge in [-0.15, -0.1) is 5.10 Å². The molecule has 0 saturated heterocycles. The molecule has 1 aliphatic heterocycles. The first-order valence-corrected chi connectivity index (χ1v) is 12.0. The number of hydrogen-bond donors (Lipinski definition) is 1. The van der Waals surface area contributed by atoms with Gasteiger partial charge in [0.05, 0.1) is 14.2 Å². The van der Waals surface area contributed by atoms with Gasteiger partial charge in [0.2, 0.25) is 11.1 Å². The predicted octanol–water partition coefficient (Wildman–Crippen LogP) is 5.26. The van der Waals surface area contributed by atoms with Crippen LogP contribution in [0.5, 0.6) is 11.5 Å². The van der Waals surface area contributed by atoms with Crippen LogP contribution in [-0.4, -0.2) is 34.8 Å². The summed E-state index contributed by atoms with van der Waals surface area (Å²) in [4.78, 5) is 17.8. The number of rotatable bonds is 6. The van der Waals surface area contributed by atoms with Crippen molar-refractivity contribution in [1.29, 1.82) is 0 Å². The molecule has 1 aromatic heterocycles. The average molecular weight is 483 g/mol. The third-order valence-corrected chi connectivity index (χ3v) is 7.15. The Bertz CT molecular complexity index is 1260. The maximum absolute atomic E-state index is 13.1. The number of ether oxygens (including phenoxy) is 2. The van der Waals surface area contributed by atoms with E-state index in [1.807, 2.05) is 42.5 Å². The Kier molecular flexibility index (Phi) is 6.03. The zero-order valence-electron chi connectivity index (χ0n) is 18.3. The van der Waals surface area contributed by atoms with Crippen LogP contribution in [0.3, 0.4) is 0 Å². The number of carbonyl (C=O) groups excluding carboxylic acids is 1. The number of thioether (sulfide) groups is 1. The van der Waals surface area contributed by atoms with E-state index in [-0.39, 0.29) is 5.78 Å². The SMILES string of the molecule is COc1ccc(C2C3=C(CCCC3=O)Nc3nc(SCc4ccccc4Cl)nn32)c(OC)c1. The lowest BCUT2D eigenvalue weighted by Crippen LogP contribution is -2.31. The van der Waals surface area contributed by atoms with Gasteiger partial charge < -0.3 is 14.8 Å². The molecule has 0 bridgehead atoms. The minimum Gasteiger partial charge on any atom is -0.497 e. The van der Waals surface area contributed by atoms with Gasteiger partial charge in [0.25, 0.3) is 0 Å². The van der Waals surface area contributed by atoms with Crippen molar-refractivity contribution in [3.8, 4) is 11.5 Å². The van der Waals surface area contributed by atoms with Gasteiger partial charge in [-0.1, -0.05) is 41.6 Å². The number of ketones is 1. The summed E-state index contributed by atoms with van der Waals surface area (Å²) in [5.74, 6) is 2.71. The largest absolute Gasteiger partial charge is 0.497 e. The number of carbonyl (C=O) groups is 1. The van der Waals surface area contributed by atoms with E-state index in [1.54, 1.807) is 18.9 Å². The number of hydrogen-bond acceptors (Lipinski definition) is 7. The van der Waals surface area contributed by atoms with E-state index in [1.165, 1.54) is 11.8 Å². The molecule has 1 unspecified atom stereocenters. The molecule has 0 spiro atoms. The van der Waals surface area contributed by atoms with E-state index in [0.29, 0.717) is 34.8 Å². The Labute approximate surface area is 201 Å². The highest BCUT2D eigenvalue weighted by atomic mass is 35.5. The molecule has 9 heteroatoms. The number of nitrogens with one attached hydrogen (secondary N) is 1. The van der Waals surface area contributed by atoms with Gasteiger partial charge in [0.1, 0.15) is 17.5 Å². The molecule has 3 aromatic rings. The smallest absolute Gasteiger partial charge is 0.227 e. The molecule has 170 valence electrons. The van der Waals surface area contributed by atoms with Crippen LogP contribution >= 0.6 is 23.4 Å². The van der Waals surface area contributed by atoms with Crippen LogP contribution < -0.4 is 14.8 Å². The summed E-state index contributed by atoms with van der Waals surface area (Å²) in [5.41, 5.74) is 3.50. The van der Waals surface area contributed by atoms with Crippen molar-refractivity contribution in [2.45, 2.75) is 36.2 Å². The highest BCUT2D eigenvalue weighted by Crippen LogP contribution is 2.44. The summed E-state index contributed by atoms with van der Waals surface area (Å²) in [5, 5.41) is 9.48. The van der Waals surface area contributed by atoms with Gasteiger partial charge in [-0.3, -0.25) is 4.79 Å². The molecule has 2 aliphatic rings. The van der Waals surface area contributed by atoms with E-state index in [2.05, 4.69) is 5.32 Å². The van der Waals surface area contributed by atoms with Crippen LogP contribution in [0, 0.1) is 0 Å². The van der Waals surface area contributed by atoms with Gasteiger partial charge in [0, 0.05) is 40.1 Å². The van der Waals surface area contributed by atoms with E-state index in [0.717, 1.165) is 40.3 Å². The maximum Gasteiger partial charge on any atom is 0.227 e. The Morgan fingerprint density at radius 3 is 2.82 bits per heavy atom. The highest BCUT2D eigenvalue weighted by molar-refractivity contribution is 7.98. The monoisotopic (exact) mass is 482 g/mol. The van der Waals surface area contributed by atoms with Crippen molar-refractivity contribution < 1.29 is 14.3 Å². The van der Waals surface area contributed by atoms with Gasteiger partial charge in [-0.2, -0.15) is 4.98 Å². The number of Topliss-reactive ketones (excluding diaryl/α,β-unsaturated/α-hetero) is 1. The summed E-state index contributed by atoms with van der Waals surface area (Å²) in [7, 11) is 3.23. The highest BCUT2D eigenvalue weighted by Gasteiger charge is 2.38. The molecule has 1 atom stereocenters. The fraction of sp³-hybridized carbons (Fsp3) is 0.292. The number of methoxy groups -OCH3 is 2. The van der Waals surface area contributed by atoms with Crippen molar-refractivity contribution >= 4 is 35.1 Å². The van der Waals surface area contributed by atoms with E-state index < -0.39 is 6.04 Å². The number of halogens is 1. The summed E-state index contributed by atoms with van der Waals surface area (Å²) < 4.78 is 12.8. The fourth-order valence-electron chi connectivity index (χ4n) is 4.29. The van der Waals surface area contributed by atoms with Crippen molar-refractivity contribution in [1.82, 2.24) is 14.8 Å². The standard InChI is InChI=1S/C24H23ClN4O3S/c1-31-15-10-11-16(20(12-15)32-2)22-21-18(8-5-9-19(21)30)26-23-27-24(28-29(22)23)33-13-14-6-3-4-7-17(14)25/h3-4,6-7,10-12,22H,5,8-9,13H2,1-2H3,(H,26,27,28). The lowest BCUT2D eigenvalue weighted by Gasteiger charge is -2.32. The third kappa shape index (κ3) is 4.09. The zero-order valence-corrected chi connectivity index (χ0v) is 19.9. The van der Waals surface area contributed by atoms with E-state index in [9.17, 15) is 4.79 Å². The molecule has 1 aliphatic carbocycles. The normalized spacial score (nSPS) is 17.3. The number of anilines is 1. The quantitative estimate of drug-likeness (QED) is 0.480. The van der Waals surface area contributed by atoms with Crippen LogP contribution in [-0.2, 0) is 10.5 Å². The van der Waals surface area contributed by atoms with E-state index >= 15 is 0 Å². The number of benzene rings is 2. The first-order valence-electron chi connectivity index (χ1n) is 10.7. The van der Waals surface area contributed by atoms with E-state index in [4.69, 9.17) is 31.2 Å². The molecule has 2 heterocycles. The second kappa shape index (κ2) is 9.11. The second-order valence-corrected chi connectivity index (χ2v) is 9.20. The van der Waals surface area contributed by atoms with Gasteiger partial charge >= 0.3 is 0 Å². The molecule has 0 radical (unpaired) electrons. The molecular formula is C24H23ClN4O3S. The summed E-state index contributed by atoms with van der Waals surface area (Å²) in [6.45, 7) is 0. The minimum absolute atomic E-state index is 0.123. The molecule has 2 aromatic carbocycles. The maximum atomic E-state index is 13.1. The molecule has 5 rings (SSSR count). The van der Waals surface area contributed by atoms with Crippen LogP contribution in [0.1, 0.15) is 36.4 Å². The van der Waals surface area contributed by atoms with Crippen LogP contribution in [0.15, 0.2) is 58.9 Å². The Morgan fingerprint density at radius 2 is 2.03 bits per heavy atom. The fourth-order valence-corrected chi connectivity index (χ4v) is 5.40. The zero-order chi connectivity index (χ0) is 22.9. The van der Waals surface area contributed by atoms with Gasteiger partial charge in [0.15, 0.2) is 5.78 Å². The first kappa shape index (κ1) is 21.9. The van der Waals surface area contributed by atoms with Crippen molar-refractivity contribution in [3.05, 3.63) is 69.9 Å². The molecule has 0 amide bonds. The van der Waals surface area contributed by atoms with Crippen LogP contribution in [0.4, 0.5) is 5.95 Å². The molecular weight excluding hydrogens is 460 g/mol. The first-order chi connectivity index (χ1) is 16.1.